The fourth-order valence-electron chi connectivity index (χ4n) is 4.50. The molecule has 1 aromatic carbocycles. The molecule has 33 heavy (non-hydrogen) atoms. The zero-order valence-electron chi connectivity index (χ0n) is 19.6. The topological polar surface area (TPSA) is 58.6 Å². The molecule has 1 fully saturated rings. The third-order valence-corrected chi connectivity index (χ3v) is 6.10. The van der Waals surface area contributed by atoms with Crippen molar-refractivity contribution >= 4 is 11.8 Å². The monoisotopic (exact) mass is 444 g/mol. The standard InChI is InChI=1S/C27H32N4O2/c1-4-30(18-22-9-5-6-11-24(22)21-10-7-14-28-17-21)23-13-16-31(19-23)26-25(12-8-15-29-26)27(32)33-20(2)3/h5-12,14-15,17,20,23H,4,13,16,18-19H2,1-3H3/t23-/m1/s1. The Bertz CT molecular complexity index is 1070. The Labute approximate surface area is 196 Å². The highest BCUT2D eigenvalue weighted by molar-refractivity contribution is 5.95. The first kappa shape index (κ1) is 22.9. The summed E-state index contributed by atoms with van der Waals surface area (Å²) in [7, 11) is 0. The fraction of sp³-hybridized carbons (Fsp3) is 0.370. The van der Waals surface area contributed by atoms with Gasteiger partial charge in [-0.3, -0.25) is 9.88 Å². The smallest absolute Gasteiger partial charge is 0.342 e. The van der Waals surface area contributed by atoms with Crippen LogP contribution >= 0.6 is 0 Å². The maximum absolute atomic E-state index is 12.6. The van der Waals surface area contributed by atoms with Gasteiger partial charge in [0.25, 0.3) is 0 Å². The molecule has 0 spiro atoms. The van der Waals surface area contributed by atoms with Crippen molar-refractivity contribution < 1.29 is 9.53 Å². The van der Waals surface area contributed by atoms with Crippen molar-refractivity contribution in [3.63, 3.8) is 0 Å². The van der Waals surface area contributed by atoms with Crippen molar-refractivity contribution in [1.29, 1.82) is 0 Å². The van der Waals surface area contributed by atoms with Gasteiger partial charge in [0.2, 0.25) is 0 Å². The second-order valence-corrected chi connectivity index (χ2v) is 8.68. The van der Waals surface area contributed by atoms with Gasteiger partial charge in [0.05, 0.1) is 6.10 Å². The van der Waals surface area contributed by atoms with Crippen LogP contribution in [0.25, 0.3) is 11.1 Å². The van der Waals surface area contributed by atoms with Crippen molar-refractivity contribution in [1.82, 2.24) is 14.9 Å². The quantitative estimate of drug-likeness (QED) is 0.465. The molecule has 172 valence electrons. The lowest BCUT2D eigenvalue weighted by Gasteiger charge is -2.29. The Balaban J connectivity index is 1.51. The second-order valence-electron chi connectivity index (χ2n) is 8.68. The molecule has 0 bridgehead atoms. The maximum atomic E-state index is 12.6. The number of pyridine rings is 2. The Hall–Kier alpha value is -3.25. The molecule has 1 saturated heterocycles. The zero-order valence-corrected chi connectivity index (χ0v) is 19.6. The minimum Gasteiger partial charge on any atom is -0.459 e. The average molecular weight is 445 g/mol. The zero-order chi connectivity index (χ0) is 23.2. The summed E-state index contributed by atoms with van der Waals surface area (Å²) in [5.41, 5.74) is 4.20. The molecule has 1 aliphatic heterocycles. The summed E-state index contributed by atoms with van der Waals surface area (Å²) in [6.45, 7) is 9.45. The van der Waals surface area contributed by atoms with Crippen LogP contribution < -0.4 is 4.90 Å². The van der Waals surface area contributed by atoms with Crippen LogP contribution in [0.5, 0.6) is 0 Å². The summed E-state index contributed by atoms with van der Waals surface area (Å²) in [4.78, 5) is 26.2. The molecule has 3 aromatic rings. The Kier molecular flexibility index (Phi) is 7.35. The van der Waals surface area contributed by atoms with E-state index in [0.717, 1.165) is 44.0 Å². The highest BCUT2D eigenvalue weighted by atomic mass is 16.5. The number of esters is 1. The van der Waals surface area contributed by atoms with Gasteiger partial charge in [0, 0.05) is 49.8 Å². The summed E-state index contributed by atoms with van der Waals surface area (Å²) < 4.78 is 5.45. The maximum Gasteiger partial charge on any atom is 0.342 e. The lowest BCUT2D eigenvalue weighted by molar-refractivity contribution is 0.0378. The number of hydrogen-bond acceptors (Lipinski definition) is 6. The van der Waals surface area contributed by atoms with E-state index in [1.807, 2.05) is 32.2 Å². The van der Waals surface area contributed by atoms with E-state index in [1.165, 1.54) is 11.1 Å². The van der Waals surface area contributed by atoms with Crippen LogP contribution in [0.3, 0.4) is 0 Å². The van der Waals surface area contributed by atoms with Crippen molar-refractivity contribution in [2.45, 2.75) is 45.9 Å². The molecule has 2 aromatic heterocycles. The molecule has 0 amide bonds. The summed E-state index contributed by atoms with van der Waals surface area (Å²) in [5.74, 6) is 0.409. The van der Waals surface area contributed by atoms with E-state index < -0.39 is 0 Å². The predicted octanol–water partition coefficient (Wildman–Crippen LogP) is 4.81. The number of rotatable bonds is 8. The van der Waals surface area contributed by atoms with Crippen LogP contribution in [0.1, 0.15) is 43.1 Å². The molecule has 0 radical (unpaired) electrons. The first-order chi connectivity index (χ1) is 16.1. The molecular weight excluding hydrogens is 412 g/mol. The molecule has 3 heterocycles. The van der Waals surface area contributed by atoms with E-state index in [-0.39, 0.29) is 12.1 Å². The van der Waals surface area contributed by atoms with Gasteiger partial charge in [0.15, 0.2) is 0 Å². The Morgan fingerprint density at radius 1 is 1.15 bits per heavy atom. The van der Waals surface area contributed by atoms with Gasteiger partial charge in [-0.1, -0.05) is 37.3 Å². The summed E-state index contributed by atoms with van der Waals surface area (Å²) in [6, 6.07) is 16.6. The minimum atomic E-state index is -0.311. The number of aromatic nitrogens is 2. The lowest BCUT2D eigenvalue weighted by atomic mass is 10.00. The summed E-state index contributed by atoms with van der Waals surface area (Å²) in [5, 5.41) is 0. The van der Waals surface area contributed by atoms with E-state index in [9.17, 15) is 4.79 Å². The molecule has 0 unspecified atom stereocenters. The molecule has 0 N–H and O–H groups in total. The van der Waals surface area contributed by atoms with Crippen LogP contribution in [0.15, 0.2) is 67.1 Å². The van der Waals surface area contributed by atoms with Gasteiger partial charge in [-0.15, -0.1) is 0 Å². The minimum absolute atomic E-state index is 0.160. The highest BCUT2D eigenvalue weighted by Crippen LogP contribution is 2.28. The first-order valence-electron chi connectivity index (χ1n) is 11.7. The number of carbonyl (C=O) groups excluding carboxylic acids is 1. The first-order valence-corrected chi connectivity index (χ1v) is 11.7. The van der Waals surface area contributed by atoms with Crippen molar-refractivity contribution in [3.8, 4) is 11.1 Å². The number of carbonyl (C=O) groups is 1. The van der Waals surface area contributed by atoms with Crippen LogP contribution in [-0.2, 0) is 11.3 Å². The van der Waals surface area contributed by atoms with Gasteiger partial charge < -0.3 is 9.64 Å². The van der Waals surface area contributed by atoms with E-state index in [2.05, 4.69) is 57.0 Å². The SMILES string of the molecule is CCN(Cc1ccccc1-c1cccnc1)[C@@H]1CCN(c2ncccc2C(=O)OC(C)C)C1. The molecule has 4 rings (SSSR count). The number of ether oxygens (including phenoxy) is 1. The molecule has 6 nitrogen and oxygen atoms in total. The van der Waals surface area contributed by atoms with Gasteiger partial charge in [-0.2, -0.15) is 0 Å². The van der Waals surface area contributed by atoms with E-state index in [4.69, 9.17) is 4.74 Å². The van der Waals surface area contributed by atoms with E-state index in [0.29, 0.717) is 11.6 Å². The van der Waals surface area contributed by atoms with Gasteiger partial charge in [-0.05, 0) is 56.1 Å². The van der Waals surface area contributed by atoms with E-state index >= 15 is 0 Å². The molecular formula is C27H32N4O2. The summed E-state index contributed by atoms with van der Waals surface area (Å²) >= 11 is 0. The lowest BCUT2D eigenvalue weighted by Crippen LogP contribution is -2.37. The van der Waals surface area contributed by atoms with Gasteiger partial charge in [-0.25, -0.2) is 9.78 Å². The molecule has 0 saturated carbocycles. The largest absolute Gasteiger partial charge is 0.459 e. The van der Waals surface area contributed by atoms with Crippen LogP contribution in [0.2, 0.25) is 0 Å². The number of likely N-dealkylation sites (N-methyl/N-ethyl adjacent to an activating group) is 1. The van der Waals surface area contributed by atoms with Crippen molar-refractivity contribution in [2.24, 2.45) is 0 Å². The number of nitrogens with zero attached hydrogens (tertiary/aromatic N) is 4. The summed E-state index contributed by atoms with van der Waals surface area (Å²) in [6.07, 6.45) is 6.34. The number of benzene rings is 1. The van der Waals surface area contributed by atoms with Crippen LogP contribution in [-0.4, -0.2) is 52.6 Å². The average Bonchev–Trinajstić information content (AvgIpc) is 3.33. The predicted molar refractivity (Wildman–Crippen MR) is 131 cm³/mol. The third kappa shape index (κ3) is 5.40. The Morgan fingerprint density at radius 2 is 1.97 bits per heavy atom. The number of hydrogen-bond donors (Lipinski definition) is 0. The Morgan fingerprint density at radius 3 is 2.73 bits per heavy atom. The normalized spacial score (nSPS) is 15.9. The van der Waals surface area contributed by atoms with Gasteiger partial charge >= 0.3 is 5.97 Å². The van der Waals surface area contributed by atoms with Crippen molar-refractivity contribution in [2.75, 3.05) is 24.5 Å². The third-order valence-electron chi connectivity index (χ3n) is 6.10. The van der Waals surface area contributed by atoms with Crippen molar-refractivity contribution in [3.05, 3.63) is 78.2 Å². The van der Waals surface area contributed by atoms with Crippen LogP contribution in [0, 0.1) is 0 Å². The second kappa shape index (κ2) is 10.6. The fourth-order valence-corrected chi connectivity index (χ4v) is 4.50. The molecule has 1 aliphatic rings. The molecule has 0 aliphatic carbocycles. The molecule has 1 atom stereocenters. The molecule has 6 heteroatoms. The highest BCUT2D eigenvalue weighted by Gasteiger charge is 2.30. The van der Waals surface area contributed by atoms with Gasteiger partial charge in [0.1, 0.15) is 11.4 Å². The van der Waals surface area contributed by atoms with E-state index in [1.54, 1.807) is 18.5 Å². The van der Waals surface area contributed by atoms with Crippen LogP contribution in [0.4, 0.5) is 5.82 Å². The number of anilines is 1.